The summed E-state index contributed by atoms with van der Waals surface area (Å²) in [5, 5.41) is 3.09. The number of aromatic nitrogens is 1. The fraction of sp³-hybridized carbons (Fsp3) is 0.421. The Bertz CT molecular complexity index is 767. The molecule has 3 rings (SSSR count). The summed E-state index contributed by atoms with van der Waals surface area (Å²) >= 11 is 1.63. The predicted molar refractivity (Wildman–Crippen MR) is 98.7 cm³/mol. The molecule has 2 aromatic rings. The van der Waals surface area contributed by atoms with Crippen molar-refractivity contribution >= 4 is 23.2 Å². The molecule has 1 aromatic heterocycles. The Morgan fingerprint density at radius 2 is 1.77 bits per heavy atom. The number of carbonyl (C=O) groups excluding carboxylic acids is 2. The third-order valence-corrected chi connectivity index (χ3v) is 5.32. The molecule has 1 aromatic carbocycles. The molecule has 26 heavy (non-hydrogen) atoms. The highest BCUT2D eigenvalue weighted by atomic mass is 32.1. The molecule has 0 bridgehead atoms. The lowest BCUT2D eigenvalue weighted by Gasteiger charge is -2.35. The fourth-order valence-corrected chi connectivity index (χ4v) is 3.68. The van der Waals surface area contributed by atoms with Gasteiger partial charge in [-0.25, -0.2) is 9.37 Å². The second-order valence-corrected chi connectivity index (χ2v) is 7.45. The first-order valence-electron chi connectivity index (χ1n) is 8.76. The van der Waals surface area contributed by atoms with Crippen LogP contribution in [-0.4, -0.2) is 52.8 Å². The minimum Gasteiger partial charge on any atom is -0.339 e. The summed E-state index contributed by atoms with van der Waals surface area (Å²) in [6, 6.07) is 5.57. The van der Waals surface area contributed by atoms with Crippen molar-refractivity contribution < 1.29 is 14.0 Å². The van der Waals surface area contributed by atoms with Crippen LogP contribution in [0.2, 0.25) is 0 Å². The van der Waals surface area contributed by atoms with Crippen molar-refractivity contribution in [1.29, 1.82) is 0 Å². The highest BCUT2D eigenvalue weighted by molar-refractivity contribution is 7.09. The molecule has 1 aliphatic heterocycles. The first-order valence-corrected chi connectivity index (χ1v) is 9.64. The number of benzene rings is 1. The number of nitrogens with zero attached hydrogens (tertiary/aromatic N) is 3. The lowest BCUT2D eigenvalue weighted by atomic mass is 10.1. The van der Waals surface area contributed by atoms with E-state index in [9.17, 15) is 14.0 Å². The van der Waals surface area contributed by atoms with Crippen LogP contribution in [0.5, 0.6) is 0 Å². The predicted octanol–water partition coefficient (Wildman–Crippen LogP) is 2.90. The van der Waals surface area contributed by atoms with Crippen LogP contribution >= 0.6 is 11.3 Å². The van der Waals surface area contributed by atoms with Crippen LogP contribution in [0.25, 0.3) is 0 Å². The standard InChI is InChI=1S/C19H22FN3O2S/c1-14-21-17(13-26-14)3-2-4-18(24)22-9-11-23(12-10-22)19(25)15-5-7-16(20)8-6-15/h5-8,13H,2-4,9-12H2,1H3. The van der Waals surface area contributed by atoms with Crippen molar-refractivity contribution in [3.05, 3.63) is 51.7 Å². The van der Waals surface area contributed by atoms with E-state index in [1.54, 1.807) is 16.2 Å². The summed E-state index contributed by atoms with van der Waals surface area (Å²) in [7, 11) is 0. The lowest BCUT2D eigenvalue weighted by molar-refractivity contribution is -0.132. The molecule has 1 aliphatic rings. The van der Waals surface area contributed by atoms with Gasteiger partial charge in [-0.15, -0.1) is 11.3 Å². The van der Waals surface area contributed by atoms with Crippen LogP contribution in [0.3, 0.4) is 0 Å². The molecule has 0 unspecified atom stereocenters. The zero-order valence-corrected chi connectivity index (χ0v) is 15.6. The van der Waals surface area contributed by atoms with Crippen LogP contribution in [0.15, 0.2) is 29.6 Å². The number of rotatable bonds is 5. The molecule has 0 aliphatic carbocycles. The van der Waals surface area contributed by atoms with E-state index in [1.165, 1.54) is 24.3 Å². The summed E-state index contributed by atoms with van der Waals surface area (Å²) in [5.41, 5.74) is 1.53. The molecule has 7 heteroatoms. The van der Waals surface area contributed by atoms with E-state index in [1.807, 2.05) is 17.2 Å². The van der Waals surface area contributed by atoms with Crippen molar-refractivity contribution in [1.82, 2.24) is 14.8 Å². The van der Waals surface area contributed by atoms with Crippen molar-refractivity contribution in [2.75, 3.05) is 26.2 Å². The van der Waals surface area contributed by atoms with Crippen molar-refractivity contribution in [3.63, 3.8) is 0 Å². The minimum absolute atomic E-state index is 0.115. The molecule has 138 valence electrons. The molecule has 0 saturated carbocycles. The van der Waals surface area contributed by atoms with Crippen molar-refractivity contribution in [3.8, 4) is 0 Å². The molecule has 0 spiro atoms. The van der Waals surface area contributed by atoms with E-state index in [0.717, 1.165) is 23.5 Å². The molecule has 0 atom stereocenters. The van der Waals surface area contributed by atoms with E-state index in [4.69, 9.17) is 0 Å². The van der Waals surface area contributed by atoms with Crippen LogP contribution in [0, 0.1) is 12.7 Å². The Morgan fingerprint density at radius 3 is 2.38 bits per heavy atom. The van der Waals surface area contributed by atoms with Gasteiger partial charge in [-0.05, 0) is 44.0 Å². The zero-order chi connectivity index (χ0) is 18.5. The SMILES string of the molecule is Cc1nc(CCCC(=O)N2CCN(C(=O)c3ccc(F)cc3)CC2)cs1. The highest BCUT2D eigenvalue weighted by Gasteiger charge is 2.24. The van der Waals surface area contributed by atoms with E-state index < -0.39 is 0 Å². The molecule has 5 nitrogen and oxygen atoms in total. The van der Waals surface area contributed by atoms with E-state index in [0.29, 0.717) is 38.2 Å². The first kappa shape index (κ1) is 18.5. The van der Waals surface area contributed by atoms with Gasteiger partial charge in [0.25, 0.3) is 5.91 Å². The molecule has 1 fully saturated rings. The number of thiazole rings is 1. The second kappa shape index (κ2) is 8.40. The van der Waals surface area contributed by atoms with Gasteiger partial charge in [0.1, 0.15) is 5.82 Å². The first-order chi connectivity index (χ1) is 12.5. The Hall–Kier alpha value is -2.28. The lowest BCUT2D eigenvalue weighted by Crippen LogP contribution is -2.50. The van der Waals surface area contributed by atoms with E-state index >= 15 is 0 Å². The monoisotopic (exact) mass is 375 g/mol. The van der Waals surface area contributed by atoms with Crippen LogP contribution in [0.4, 0.5) is 4.39 Å². The summed E-state index contributed by atoms with van der Waals surface area (Å²) < 4.78 is 13.0. The summed E-state index contributed by atoms with van der Waals surface area (Å²) in [6.07, 6.45) is 2.11. The van der Waals surface area contributed by atoms with E-state index in [-0.39, 0.29) is 17.6 Å². The van der Waals surface area contributed by atoms with Crippen molar-refractivity contribution in [2.24, 2.45) is 0 Å². The molecule has 2 amide bonds. The summed E-state index contributed by atoms with van der Waals surface area (Å²) in [6.45, 7) is 4.08. The zero-order valence-electron chi connectivity index (χ0n) is 14.8. The van der Waals surface area contributed by atoms with Gasteiger partial charge in [0.05, 0.1) is 10.7 Å². The molecular weight excluding hydrogens is 353 g/mol. The normalized spacial score (nSPS) is 14.5. The van der Waals surface area contributed by atoms with Crippen molar-refractivity contribution in [2.45, 2.75) is 26.2 Å². The number of carbonyl (C=O) groups is 2. The van der Waals surface area contributed by atoms with Gasteiger partial charge in [-0.3, -0.25) is 9.59 Å². The van der Waals surface area contributed by atoms with Gasteiger partial charge in [0.2, 0.25) is 5.91 Å². The number of halogens is 1. The van der Waals surface area contributed by atoms with Gasteiger partial charge in [0, 0.05) is 43.5 Å². The number of amides is 2. The van der Waals surface area contributed by atoms with E-state index in [2.05, 4.69) is 4.98 Å². The summed E-state index contributed by atoms with van der Waals surface area (Å²) in [4.78, 5) is 32.7. The average Bonchev–Trinajstić information content (AvgIpc) is 3.07. The Balaban J connectivity index is 1.43. The second-order valence-electron chi connectivity index (χ2n) is 6.39. The largest absolute Gasteiger partial charge is 0.339 e. The smallest absolute Gasteiger partial charge is 0.253 e. The molecule has 0 radical (unpaired) electrons. The third-order valence-electron chi connectivity index (χ3n) is 4.50. The Labute approximate surface area is 156 Å². The average molecular weight is 375 g/mol. The Kier molecular flexibility index (Phi) is 5.98. The van der Waals surface area contributed by atoms with Gasteiger partial charge in [-0.1, -0.05) is 0 Å². The molecule has 2 heterocycles. The van der Waals surface area contributed by atoms with Crippen LogP contribution in [-0.2, 0) is 11.2 Å². The number of hydrogen-bond donors (Lipinski definition) is 0. The Morgan fingerprint density at radius 1 is 1.12 bits per heavy atom. The number of hydrogen-bond acceptors (Lipinski definition) is 4. The molecule has 1 saturated heterocycles. The van der Waals surface area contributed by atoms with Gasteiger partial charge in [0.15, 0.2) is 0 Å². The highest BCUT2D eigenvalue weighted by Crippen LogP contribution is 2.13. The maximum Gasteiger partial charge on any atom is 0.253 e. The van der Waals surface area contributed by atoms with Gasteiger partial charge >= 0.3 is 0 Å². The minimum atomic E-state index is -0.357. The number of aryl methyl sites for hydroxylation is 2. The van der Waals surface area contributed by atoms with Gasteiger partial charge < -0.3 is 9.80 Å². The van der Waals surface area contributed by atoms with Crippen LogP contribution in [0.1, 0.15) is 33.9 Å². The summed E-state index contributed by atoms with van der Waals surface area (Å²) in [5.74, 6) is -0.341. The van der Waals surface area contributed by atoms with Crippen LogP contribution < -0.4 is 0 Å². The number of piperazine rings is 1. The molecular formula is C19H22FN3O2S. The maximum absolute atomic E-state index is 13.0. The molecule has 0 N–H and O–H groups in total. The third kappa shape index (κ3) is 4.66. The fourth-order valence-electron chi connectivity index (χ4n) is 3.04. The maximum atomic E-state index is 13.0. The topological polar surface area (TPSA) is 53.5 Å². The van der Waals surface area contributed by atoms with Gasteiger partial charge in [-0.2, -0.15) is 0 Å². The quantitative estimate of drug-likeness (QED) is 0.807.